The van der Waals surface area contributed by atoms with Crippen LogP contribution in [-0.2, 0) is 16.4 Å². The van der Waals surface area contributed by atoms with Crippen molar-refractivity contribution in [1.82, 2.24) is 15.5 Å². The predicted molar refractivity (Wildman–Crippen MR) is 82.6 cm³/mol. The van der Waals surface area contributed by atoms with Gasteiger partial charge in [-0.2, -0.15) is 4.98 Å². The Hall–Kier alpha value is -1.78. The second kappa shape index (κ2) is 6.38. The van der Waals surface area contributed by atoms with Gasteiger partial charge in [-0.3, -0.25) is 4.79 Å². The quantitative estimate of drug-likeness (QED) is 0.795. The molecule has 8 nitrogen and oxygen atoms in total. The molecule has 2 aromatic heterocycles. The maximum atomic E-state index is 12.0. The lowest BCUT2D eigenvalue weighted by Crippen LogP contribution is -2.27. The molecule has 124 valence electrons. The van der Waals surface area contributed by atoms with Gasteiger partial charge in [0.25, 0.3) is 5.91 Å². The monoisotopic (exact) mass is 356 g/mol. The van der Waals surface area contributed by atoms with E-state index in [1.165, 1.54) is 17.9 Å². The summed E-state index contributed by atoms with van der Waals surface area (Å²) in [7, 11) is -3.91. The average Bonchev–Trinajstić information content (AvgIpc) is 3.04. The first-order chi connectivity index (χ1) is 10.9. The fourth-order valence-electron chi connectivity index (χ4n) is 2.25. The molecular weight excluding hydrogens is 340 g/mol. The number of nitrogens with two attached hydrogens (primary N) is 1. The number of nitrogens with zero attached hydrogens (tertiary/aromatic N) is 2. The van der Waals surface area contributed by atoms with Crippen molar-refractivity contribution in [2.24, 2.45) is 5.14 Å². The zero-order valence-corrected chi connectivity index (χ0v) is 13.8. The van der Waals surface area contributed by atoms with E-state index in [1.807, 2.05) is 0 Å². The van der Waals surface area contributed by atoms with Gasteiger partial charge in [-0.25, -0.2) is 13.6 Å². The van der Waals surface area contributed by atoms with Crippen LogP contribution in [-0.4, -0.2) is 31.0 Å². The van der Waals surface area contributed by atoms with Crippen LogP contribution in [0.25, 0.3) is 0 Å². The van der Waals surface area contributed by atoms with Gasteiger partial charge < -0.3 is 9.84 Å². The maximum absolute atomic E-state index is 12.0. The molecule has 23 heavy (non-hydrogen) atoms. The smallest absolute Gasteiger partial charge is 0.262 e. The van der Waals surface area contributed by atoms with Crippen molar-refractivity contribution in [1.29, 1.82) is 0 Å². The molecule has 1 aliphatic rings. The molecule has 0 aliphatic heterocycles. The summed E-state index contributed by atoms with van der Waals surface area (Å²) in [6.07, 6.45) is 3.75. The Morgan fingerprint density at radius 1 is 1.48 bits per heavy atom. The van der Waals surface area contributed by atoms with Gasteiger partial charge in [0.2, 0.25) is 15.9 Å². The normalized spacial score (nSPS) is 15.3. The van der Waals surface area contributed by atoms with E-state index in [0.29, 0.717) is 24.1 Å². The van der Waals surface area contributed by atoms with E-state index in [4.69, 9.17) is 9.66 Å². The van der Waals surface area contributed by atoms with Crippen LogP contribution in [0.4, 0.5) is 0 Å². The van der Waals surface area contributed by atoms with E-state index in [9.17, 15) is 13.2 Å². The lowest BCUT2D eigenvalue weighted by atomic mass is 9.85. The Bertz CT molecular complexity index is 808. The van der Waals surface area contributed by atoms with Crippen molar-refractivity contribution in [3.8, 4) is 0 Å². The second-order valence-corrected chi connectivity index (χ2v) is 7.79. The van der Waals surface area contributed by atoms with Crippen molar-refractivity contribution in [2.45, 2.75) is 36.5 Å². The summed E-state index contributed by atoms with van der Waals surface area (Å²) >= 11 is 1.03. The Morgan fingerprint density at radius 2 is 2.26 bits per heavy atom. The molecule has 1 amide bonds. The van der Waals surface area contributed by atoms with Gasteiger partial charge in [0.05, 0.1) is 0 Å². The largest absolute Gasteiger partial charge is 0.351 e. The average molecular weight is 356 g/mol. The van der Waals surface area contributed by atoms with Crippen molar-refractivity contribution in [2.75, 3.05) is 6.54 Å². The third kappa shape index (κ3) is 3.59. The number of carbonyl (C=O) groups is 1. The molecule has 1 aliphatic carbocycles. The summed E-state index contributed by atoms with van der Waals surface area (Å²) in [6.45, 7) is 0.282. The van der Waals surface area contributed by atoms with Crippen LogP contribution in [0, 0.1) is 0 Å². The highest BCUT2D eigenvalue weighted by molar-refractivity contribution is 7.89. The molecule has 0 bridgehead atoms. The van der Waals surface area contributed by atoms with Gasteiger partial charge >= 0.3 is 0 Å². The molecule has 0 unspecified atom stereocenters. The second-order valence-electron chi connectivity index (χ2n) is 5.34. The Labute approximate surface area is 137 Å². The highest BCUT2D eigenvalue weighted by atomic mass is 32.2. The minimum atomic E-state index is -3.91. The minimum Gasteiger partial charge on any atom is -0.351 e. The van der Waals surface area contributed by atoms with E-state index in [0.717, 1.165) is 24.2 Å². The van der Waals surface area contributed by atoms with Crippen LogP contribution in [0.5, 0.6) is 0 Å². The number of primary sulfonamides is 1. The molecule has 2 aromatic rings. The Morgan fingerprint density at radius 3 is 2.91 bits per heavy atom. The number of carbonyl (C=O) groups excluding carboxylic acids is 1. The number of amides is 1. The molecule has 0 aromatic carbocycles. The molecule has 3 N–H and O–H groups in total. The molecule has 10 heteroatoms. The highest BCUT2D eigenvalue weighted by Crippen LogP contribution is 2.35. The molecule has 2 heterocycles. The van der Waals surface area contributed by atoms with Gasteiger partial charge in [0, 0.05) is 18.9 Å². The van der Waals surface area contributed by atoms with E-state index < -0.39 is 15.9 Å². The Balaban J connectivity index is 1.55. The molecule has 0 radical (unpaired) electrons. The summed E-state index contributed by atoms with van der Waals surface area (Å²) in [5.41, 5.74) is 0. The summed E-state index contributed by atoms with van der Waals surface area (Å²) in [5, 5.41) is 13.1. The number of nitrogens with one attached hydrogen (secondary N) is 1. The van der Waals surface area contributed by atoms with Crippen LogP contribution in [0.1, 0.15) is 46.6 Å². The van der Waals surface area contributed by atoms with Crippen LogP contribution in [0.15, 0.2) is 20.9 Å². The van der Waals surface area contributed by atoms with E-state index in [-0.39, 0.29) is 16.3 Å². The summed E-state index contributed by atoms with van der Waals surface area (Å²) in [6, 6.07) is 1.32. The third-order valence-corrected chi connectivity index (χ3v) is 5.71. The fourth-order valence-corrected chi connectivity index (χ4v) is 4.14. The first-order valence-corrected chi connectivity index (χ1v) is 9.58. The molecule has 0 atom stereocenters. The van der Waals surface area contributed by atoms with Gasteiger partial charge in [0.1, 0.15) is 9.77 Å². The number of hydrogen-bond donors (Lipinski definition) is 2. The van der Waals surface area contributed by atoms with Crippen molar-refractivity contribution in [3.05, 3.63) is 28.0 Å². The topological polar surface area (TPSA) is 128 Å². The SMILES string of the molecule is NS(=O)(=O)c1ccsc1C(=O)NCCc1noc(C2CCC2)n1. The van der Waals surface area contributed by atoms with Crippen LogP contribution in [0.2, 0.25) is 0 Å². The molecule has 1 fully saturated rings. The maximum Gasteiger partial charge on any atom is 0.262 e. The van der Waals surface area contributed by atoms with Gasteiger partial charge in [-0.15, -0.1) is 11.3 Å². The summed E-state index contributed by atoms with van der Waals surface area (Å²) < 4.78 is 28.0. The standard InChI is InChI=1S/C13H16N4O4S2/c14-23(19,20)9-5-7-22-11(9)12(18)15-6-4-10-16-13(21-17-10)8-2-1-3-8/h5,7-8H,1-4,6H2,(H,15,18)(H2,14,19,20). The molecule has 1 saturated carbocycles. The van der Waals surface area contributed by atoms with Crippen molar-refractivity contribution in [3.63, 3.8) is 0 Å². The molecule has 0 saturated heterocycles. The highest BCUT2D eigenvalue weighted by Gasteiger charge is 2.25. The lowest BCUT2D eigenvalue weighted by molar-refractivity contribution is 0.0955. The first kappa shape index (κ1) is 16.1. The van der Waals surface area contributed by atoms with Gasteiger partial charge in [0.15, 0.2) is 5.82 Å². The van der Waals surface area contributed by atoms with Gasteiger partial charge in [-0.05, 0) is 24.3 Å². The summed E-state index contributed by atoms with van der Waals surface area (Å²) in [4.78, 5) is 16.3. The Kier molecular flexibility index (Phi) is 4.46. The molecule has 0 spiro atoms. The van der Waals surface area contributed by atoms with E-state index in [2.05, 4.69) is 15.5 Å². The number of aromatic nitrogens is 2. The van der Waals surface area contributed by atoms with Crippen molar-refractivity contribution < 1.29 is 17.7 Å². The van der Waals surface area contributed by atoms with Gasteiger partial charge in [-0.1, -0.05) is 11.6 Å². The molecule has 3 rings (SSSR count). The summed E-state index contributed by atoms with van der Waals surface area (Å²) in [5.74, 6) is 1.08. The fraction of sp³-hybridized carbons (Fsp3) is 0.462. The minimum absolute atomic E-state index is 0.0794. The van der Waals surface area contributed by atoms with E-state index >= 15 is 0 Å². The third-order valence-electron chi connectivity index (χ3n) is 3.71. The number of thiophene rings is 1. The van der Waals surface area contributed by atoms with Crippen LogP contribution < -0.4 is 10.5 Å². The predicted octanol–water partition coefficient (Wildman–Crippen LogP) is 1.02. The zero-order valence-electron chi connectivity index (χ0n) is 12.2. The van der Waals surface area contributed by atoms with E-state index in [1.54, 1.807) is 0 Å². The number of sulfonamides is 1. The zero-order chi connectivity index (χ0) is 16.4. The number of hydrogen-bond acceptors (Lipinski definition) is 7. The lowest BCUT2D eigenvalue weighted by Gasteiger charge is -2.20. The van der Waals surface area contributed by atoms with Crippen molar-refractivity contribution >= 4 is 27.3 Å². The number of rotatable bonds is 6. The first-order valence-electron chi connectivity index (χ1n) is 7.16. The molecular formula is C13H16N4O4S2. The van der Waals surface area contributed by atoms with Crippen LogP contribution >= 0.6 is 11.3 Å². The van der Waals surface area contributed by atoms with Crippen LogP contribution in [0.3, 0.4) is 0 Å².